The number of hydrogen-bond acceptors (Lipinski definition) is 3. The van der Waals surface area contributed by atoms with E-state index in [4.69, 9.17) is 4.74 Å². The summed E-state index contributed by atoms with van der Waals surface area (Å²) in [7, 11) is 1.36. The summed E-state index contributed by atoms with van der Waals surface area (Å²) in [6.07, 6.45) is 2.47. The van der Waals surface area contributed by atoms with E-state index in [2.05, 4.69) is 6.58 Å². The van der Waals surface area contributed by atoms with Gasteiger partial charge in [-0.3, -0.25) is 9.59 Å². The van der Waals surface area contributed by atoms with Gasteiger partial charge < -0.3 is 4.74 Å². The molecule has 0 bridgehead atoms. The molecule has 1 aromatic carbocycles. The average molecular weight is 274 g/mol. The van der Waals surface area contributed by atoms with Gasteiger partial charge in [-0.1, -0.05) is 50.8 Å². The predicted molar refractivity (Wildman–Crippen MR) is 80.2 cm³/mol. The lowest BCUT2D eigenvalue weighted by molar-refractivity contribution is -0.147. The second-order valence-corrected chi connectivity index (χ2v) is 5.15. The van der Waals surface area contributed by atoms with E-state index in [0.29, 0.717) is 6.42 Å². The van der Waals surface area contributed by atoms with Crippen LogP contribution in [0, 0.1) is 11.8 Å². The third-order valence-electron chi connectivity index (χ3n) is 3.37. The second-order valence-electron chi connectivity index (χ2n) is 5.15. The molecule has 0 fully saturated rings. The Morgan fingerprint density at radius 3 is 2.50 bits per heavy atom. The highest BCUT2D eigenvalue weighted by molar-refractivity contribution is 5.85. The van der Waals surface area contributed by atoms with Crippen molar-refractivity contribution in [3.8, 4) is 0 Å². The smallest absolute Gasteiger partial charge is 0.309 e. The summed E-state index contributed by atoms with van der Waals surface area (Å²) in [6.45, 7) is 7.45. The third kappa shape index (κ3) is 4.34. The summed E-state index contributed by atoms with van der Waals surface area (Å²) in [5.41, 5.74) is 1.99. The van der Waals surface area contributed by atoms with Gasteiger partial charge in [0.25, 0.3) is 0 Å². The maximum absolute atomic E-state index is 11.9. The van der Waals surface area contributed by atoms with Gasteiger partial charge in [-0.15, -0.1) is 0 Å². The molecule has 0 aliphatic carbocycles. The summed E-state index contributed by atoms with van der Waals surface area (Å²) in [4.78, 5) is 23.8. The van der Waals surface area contributed by atoms with Crippen LogP contribution in [0.3, 0.4) is 0 Å². The van der Waals surface area contributed by atoms with E-state index in [1.807, 2.05) is 38.1 Å². The minimum atomic E-state index is -0.434. The molecule has 1 rings (SSSR count). The molecule has 1 unspecified atom stereocenters. The number of carbonyl (C=O) groups is 2. The number of Topliss-reactive ketones (excluding diaryl/α,β-unsaturated/α-hetero) is 1. The van der Waals surface area contributed by atoms with Gasteiger partial charge in [-0.2, -0.15) is 0 Å². The first-order chi connectivity index (χ1) is 9.49. The molecule has 0 saturated heterocycles. The Bertz CT molecular complexity index is 489. The minimum Gasteiger partial charge on any atom is -0.469 e. The number of benzene rings is 1. The number of ketones is 1. The maximum Gasteiger partial charge on any atom is 0.309 e. The Labute approximate surface area is 120 Å². The van der Waals surface area contributed by atoms with E-state index in [-0.39, 0.29) is 24.1 Å². The van der Waals surface area contributed by atoms with E-state index in [0.717, 1.165) is 11.1 Å². The molecule has 0 aliphatic heterocycles. The molecule has 0 aromatic heterocycles. The van der Waals surface area contributed by atoms with Crippen LogP contribution in [0.1, 0.15) is 31.4 Å². The molecule has 1 aromatic rings. The molecule has 0 saturated carbocycles. The van der Waals surface area contributed by atoms with Crippen LogP contribution in [-0.2, 0) is 20.7 Å². The van der Waals surface area contributed by atoms with Crippen LogP contribution in [0.4, 0.5) is 0 Å². The van der Waals surface area contributed by atoms with Crippen LogP contribution < -0.4 is 0 Å². The molecule has 108 valence electrons. The third-order valence-corrected chi connectivity index (χ3v) is 3.37. The fraction of sp³-hybridized carbons (Fsp3) is 0.412. The first kappa shape index (κ1) is 16.2. The Balaban J connectivity index is 2.92. The molecule has 0 amide bonds. The predicted octanol–water partition coefficient (Wildman–Crippen LogP) is 3.28. The average Bonchev–Trinajstić information content (AvgIpc) is 2.45. The number of hydrogen-bond donors (Lipinski definition) is 0. The Morgan fingerprint density at radius 1 is 1.30 bits per heavy atom. The standard InChI is InChI=1S/C17H22O3/c1-5-13-8-6-7-9-14(13)10-15(17(19)20-4)11-16(18)12(2)3/h5-9,12,15H,1,10-11H2,2-4H3. The molecular weight excluding hydrogens is 252 g/mol. The van der Waals surface area contributed by atoms with Crippen LogP contribution in [0.15, 0.2) is 30.8 Å². The number of ether oxygens (including phenoxy) is 1. The first-order valence-corrected chi connectivity index (χ1v) is 6.80. The Hall–Kier alpha value is -1.90. The van der Waals surface area contributed by atoms with Gasteiger partial charge in [0.1, 0.15) is 5.78 Å². The second kappa shape index (κ2) is 7.63. The van der Waals surface area contributed by atoms with Crippen LogP contribution in [0.5, 0.6) is 0 Å². The molecule has 1 atom stereocenters. The molecule has 0 N–H and O–H groups in total. The number of carbonyl (C=O) groups excluding carboxylic acids is 2. The number of methoxy groups -OCH3 is 1. The van der Waals surface area contributed by atoms with Crippen molar-refractivity contribution >= 4 is 17.8 Å². The fourth-order valence-corrected chi connectivity index (χ4v) is 2.07. The molecular formula is C17H22O3. The van der Waals surface area contributed by atoms with Gasteiger partial charge in [0, 0.05) is 12.3 Å². The van der Waals surface area contributed by atoms with Crippen molar-refractivity contribution in [3.63, 3.8) is 0 Å². The molecule has 3 heteroatoms. The summed E-state index contributed by atoms with van der Waals surface area (Å²) in [5, 5.41) is 0. The number of rotatable bonds is 7. The Morgan fingerprint density at radius 2 is 1.95 bits per heavy atom. The number of esters is 1. The van der Waals surface area contributed by atoms with Crippen LogP contribution in [-0.4, -0.2) is 18.9 Å². The fourth-order valence-electron chi connectivity index (χ4n) is 2.07. The van der Waals surface area contributed by atoms with Gasteiger partial charge in [-0.05, 0) is 17.5 Å². The minimum absolute atomic E-state index is 0.0724. The molecule has 0 aliphatic rings. The van der Waals surface area contributed by atoms with Gasteiger partial charge in [0.2, 0.25) is 0 Å². The molecule has 0 heterocycles. The molecule has 3 nitrogen and oxygen atoms in total. The topological polar surface area (TPSA) is 43.4 Å². The van der Waals surface area contributed by atoms with Crippen molar-refractivity contribution in [2.75, 3.05) is 7.11 Å². The van der Waals surface area contributed by atoms with Crippen molar-refractivity contribution in [2.24, 2.45) is 11.8 Å². The van der Waals surface area contributed by atoms with Crippen LogP contribution >= 0.6 is 0 Å². The summed E-state index contributed by atoms with van der Waals surface area (Å²) >= 11 is 0. The lowest BCUT2D eigenvalue weighted by Crippen LogP contribution is -2.24. The summed E-state index contributed by atoms with van der Waals surface area (Å²) < 4.78 is 4.82. The lowest BCUT2D eigenvalue weighted by Gasteiger charge is -2.16. The zero-order chi connectivity index (χ0) is 15.1. The van der Waals surface area contributed by atoms with Crippen molar-refractivity contribution in [2.45, 2.75) is 26.7 Å². The SMILES string of the molecule is C=Cc1ccccc1CC(CC(=O)C(C)C)C(=O)OC. The highest BCUT2D eigenvalue weighted by Gasteiger charge is 2.24. The first-order valence-electron chi connectivity index (χ1n) is 6.80. The van der Waals surface area contributed by atoms with Gasteiger partial charge in [-0.25, -0.2) is 0 Å². The van der Waals surface area contributed by atoms with Crippen molar-refractivity contribution in [3.05, 3.63) is 42.0 Å². The highest BCUT2D eigenvalue weighted by atomic mass is 16.5. The van der Waals surface area contributed by atoms with E-state index in [1.165, 1.54) is 7.11 Å². The van der Waals surface area contributed by atoms with Crippen molar-refractivity contribution < 1.29 is 14.3 Å². The van der Waals surface area contributed by atoms with Gasteiger partial charge in [0.15, 0.2) is 0 Å². The van der Waals surface area contributed by atoms with Crippen LogP contribution in [0.2, 0.25) is 0 Å². The normalized spacial score (nSPS) is 12.0. The van der Waals surface area contributed by atoms with Gasteiger partial charge in [0.05, 0.1) is 13.0 Å². The quantitative estimate of drug-likeness (QED) is 0.717. The molecule has 0 spiro atoms. The summed E-state index contributed by atoms with van der Waals surface area (Å²) in [5.74, 6) is -0.762. The highest BCUT2D eigenvalue weighted by Crippen LogP contribution is 2.20. The summed E-state index contributed by atoms with van der Waals surface area (Å²) in [6, 6.07) is 7.74. The molecule has 0 radical (unpaired) electrons. The van der Waals surface area contributed by atoms with Gasteiger partial charge >= 0.3 is 5.97 Å². The van der Waals surface area contributed by atoms with Crippen molar-refractivity contribution in [1.82, 2.24) is 0 Å². The van der Waals surface area contributed by atoms with E-state index in [1.54, 1.807) is 6.08 Å². The zero-order valence-corrected chi connectivity index (χ0v) is 12.4. The monoisotopic (exact) mass is 274 g/mol. The molecule has 20 heavy (non-hydrogen) atoms. The zero-order valence-electron chi connectivity index (χ0n) is 12.4. The Kier molecular flexibility index (Phi) is 6.16. The largest absolute Gasteiger partial charge is 0.469 e. The van der Waals surface area contributed by atoms with E-state index < -0.39 is 5.92 Å². The van der Waals surface area contributed by atoms with Crippen LogP contribution in [0.25, 0.3) is 6.08 Å². The van der Waals surface area contributed by atoms with E-state index in [9.17, 15) is 9.59 Å². The van der Waals surface area contributed by atoms with E-state index >= 15 is 0 Å². The maximum atomic E-state index is 11.9. The van der Waals surface area contributed by atoms with Crippen molar-refractivity contribution in [1.29, 1.82) is 0 Å². The lowest BCUT2D eigenvalue weighted by atomic mass is 9.89.